The molecule has 42 heavy (non-hydrogen) atoms. The van der Waals surface area contributed by atoms with E-state index in [0.29, 0.717) is 33.4 Å². The normalized spacial score (nSPS) is 11.5. The van der Waals surface area contributed by atoms with Gasteiger partial charge in [0.05, 0.1) is 32.2 Å². The Morgan fingerprint density at radius 1 is 0.976 bits per heavy atom. The fourth-order valence-corrected chi connectivity index (χ4v) is 5.29. The van der Waals surface area contributed by atoms with Crippen LogP contribution in [0.15, 0.2) is 89.8 Å². The van der Waals surface area contributed by atoms with Gasteiger partial charge in [-0.05, 0) is 73.2 Å². The van der Waals surface area contributed by atoms with Crippen LogP contribution in [0.25, 0.3) is 28.5 Å². The highest BCUT2D eigenvalue weighted by Crippen LogP contribution is 2.30. The summed E-state index contributed by atoms with van der Waals surface area (Å²) in [6.07, 6.45) is 2.51. The number of para-hydroxylation sites is 2. The van der Waals surface area contributed by atoms with Gasteiger partial charge in [-0.2, -0.15) is 0 Å². The van der Waals surface area contributed by atoms with Gasteiger partial charge in [-0.15, -0.1) is 0 Å². The van der Waals surface area contributed by atoms with E-state index in [-0.39, 0.29) is 16.3 Å². The van der Waals surface area contributed by atoms with E-state index in [4.69, 9.17) is 16.8 Å². The van der Waals surface area contributed by atoms with Crippen LogP contribution < -0.4 is 15.5 Å². The van der Waals surface area contributed by atoms with Gasteiger partial charge in [0.25, 0.3) is 21.8 Å². The Balaban J connectivity index is 1.29. The molecule has 0 radical (unpaired) electrons. The Hall–Kier alpha value is -5.04. The number of anilines is 2. The van der Waals surface area contributed by atoms with Crippen LogP contribution >= 0.6 is 11.6 Å². The highest BCUT2D eigenvalue weighted by atomic mass is 35.5. The first-order chi connectivity index (χ1) is 20.1. The molecule has 2 heterocycles. The molecule has 0 fully saturated rings. The maximum absolute atomic E-state index is 13.1. The molecule has 5 rings (SSSR count). The molecule has 0 aliphatic heterocycles. The van der Waals surface area contributed by atoms with E-state index < -0.39 is 21.8 Å². The van der Waals surface area contributed by atoms with Crippen molar-refractivity contribution in [3.63, 3.8) is 0 Å². The highest BCUT2D eigenvalue weighted by Gasteiger charge is 2.18. The number of pyridine rings is 1. The first kappa shape index (κ1) is 28.5. The summed E-state index contributed by atoms with van der Waals surface area (Å²) in [5.74, 6) is -0.559. The summed E-state index contributed by atoms with van der Waals surface area (Å²) >= 11 is 6.43. The lowest BCUT2D eigenvalue weighted by Gasteiger charge is -2.12. The number of imidazole rings is 1. The third-order valence-electron chi connectivity index (χ3n) is 6.17. The summed E-state index contributed by atoms with van der Waals surface area (Å²) in [6, 6.07) is 21.2. The van der Waals surface area contributed by atoms with Crippen molar-refractivity contribution in [2.75, 3.05) is 10.0 Å². The minimum absolute atomic E-state index is 0.0319. The van der Waals surface area contributed by atoms with E-state index in [9.17, 15) is 18.0 Å². The number of hydrogen-bond donors (Lipinski definition) is 5. The summed E-state index contributed by atoms with van der Waals surface area (Å²) < 4.78 is 28.1. The first-order valence-corrected chi connectivity index (χ1v) is 14.3. The number of hydrogen-bond acceptors (Lipinski definition) is 7. The van der Waals surface area contributed by atoms with Gasteiger partial charge in [0, 0.05) is 17.3 Å². The zero-order valence-electron chi connectivity index (χ0n) is 21.9. The fourth-order valence-electron chi connectivity index (χ4n) is 4.09. The molecule has 0 aliphatic rings. The van der Waals surface area contributed by atoms with E-state index >= 15 is 0 Å². The van der Waals surface area contributed by atoms with Gasteiger partial charge in [-0.3, -0.25) is 19.5 Å². The largest absolute Gasteiger partial charge is 0.338 e. The van der Waals surface area contributed by atoms with Crippen molar-refractivity contribution in [3.05, 3.63) is 107 Å². The number of sulfonamides is 1. The zero-order chi connectivity index (χ0) is 29.9. The maximum atomic E-state index is 13.1. The molecule has 3 aromatic carbocycles. The number of H-pyrrole nitrogens is 1. The Bertz CT molecular complexity index is 1920. The van der Waals surface area contributed by atoms with Crippen LogP contribution in [0.4, 0.5) is 11.5 Å². The number of rotatable bonds is 8. The second-order valence-electron chi connectivity index (χ2n) is 9.06. The van der Waals surface area contributed by atoms with Gasteiger partial charge in [-0.1, -0.05) is 35.9 Å². The quantitative estimate of drug-likeness (QED) is 0.0929. The Morgan fingerprint density at radius 3 is 2.45 bits per heavy atom. The number of aryl methyl sites for hydroxylation is 1. The van der Waals surface area contributed by atoms with E-state index in [1.54, 1.807) is 25.1 Å². The maximum Gasteiger partial charge on any atom is 0.267 e. The van der Waals surface area contributed by atoms with Crippen molar-refractivity contribution >= 4 is 62.1 Å². The van der Waals surface area contributed by atoms with Crippen LogP contribution in [-0.4, -0.2) is 40.4 Å². The monoisotopic (exact) mass is 602 g/mol. The summed E-state index contributed by atoms with van der Waals surface area (Å²) in [4.78, 5) is 36.2. The number of nitrogens with one attached hydrogen (secondary N) is 4. The van der Waals surface area contributed by atoms with Gasteiger partial charge >= 0.3 is 0 Å². The molecule has 0 spiro atoms. The van der Waals surface area contributed by atoms with Crippen molar-refractivity contribution in [2.45, 2.75) is 11.8 Å². The van der Waals surface area contributed by atoms with Crippen LogP contribution in [-0.2, 0) is 14.8 Å². The highest BCUT2D eigenvalue weighted by molar-refractivity contribution is 7.92. The molecule has 5 aromatic rings. The van der Waals surface area contributed by atoms with Gasteiger partial charge in [-0.25, -0.2) is 23.9 Å². The smallest absolute Gasteiger partial charge is 0.267 e. The number of fused-ring (bicyclic) bond motifs is 1. The lowest BCUT2D eigenvalue weighted by Crippen LogP contribution is -2.17. The predicted molar refractivity (Wildman–Crippen MR) is 160 cm³/mol. The molecule has 5 N–H and O–H groups in total. The number of halogens is 1. The Labute approximate surface area is 245 Å². The number of benzene rings is 3. The fraction of sp³-hybridized carbons (Fsp3) is 0.0345. The number of nitrogens with zero attached hydrogens (tertiary/aromatic N) is 2. The third-order valence-corrected chi connectivity index (χ3v) is 7.87. The van der Waals surface area contributed by atoms with E-state index in [1.807, 2.05) is 24.3 Å². The molecular weight excluding hydrogens is 580 g/mol. The van der Waals surface area contributed by atoms with Crippen molar-refractivity contribution in [2.24, 2.45) is 0 Å². The molecule has 0 aliphatic carbocycles. The number of hydroxylamine groups is 1. The molecule has 0 unspecified atom stereocenters. The summed E-state index contributed by atoms with van der Waals surface area (Å²) in [5, 5.41) is 11.8. The number of aromatic nitrogens is 3. The number of carbonyl (C=O) groups is 2. The number of amides is 2. The van der Waals surface area contributed by atoms with Crippen LogP contribution in [0, 0.1) is 6.92 Å². The van der Waals surface area contributed by atoms with Gasteiger partial charge in [0.1, 0.15) is 11.6 Å². The van der Waals surface area contributed by atoms with Crippen molar-refractivity contribution in [3.8, 4) is 11.4 Å². The standard InChI is InChI=1S/C29H23ClN6O5S/c1-17-21(12-14-26(31-17)36-42(40,41)20-10-6-18(7-11-20)8-15-27(37)35-39)29(38)32-19-9-13-23(30)22(16-19)28-33-24-4-2-3-5-25(24)34-28/h2-16,39H,1H3,(H,31,36)(H,32,38)(H,33,34)(H,35,37)/b15-8+. The summed E-state index contributed by atoms with van der Waals surface area (Å²) in [6.45, 7) is 1.60. The van der Waals surface area contributed by atoms with Gasteiger partial charge < -0.3 is 10.3 Å². The van der Waals surface area contributed by atoms with Gasteiger partial charge in [0.15, 0.2) is 0 Å². The molecule has 0 atom stereocenters. The molecule has 11 nitrogen and oxygen atoms in total. The van der Waals surface area contributed by atoms with E-state index in [0.717, 1.165) is 17.1 Å². The van der Waals surface area contributed by atoms with Crippen LogP contribution in [0.5, 0.6) is 0 Å². The molecule has 2 aromatic heterocycles. The summed E-state index contributed by atoms with van der Waals surface area (Å²) in [5.41, 5.74) is 5.32. The van der Waals surface area contributed by atoms with Crippen molar-refractivity contribution < 1.29 is 23.2 Å². The van der Waals surface area contributed by atoms with E-state index in [1.165, 1.54) is 48.0 Å². The van der Waals surface area contributed by atoms with Crippen LogP contribution in [0.3, 0.4) is 0 Å². The van der Waals surface area contributed by atoms with Crippen LogP contribution in [0.2, 0.25) is 5.02 Å². The first-order valence-electron chi connectivity index (χ1n) is 12.4. The third kappa shape index (κ3) is 6.31. The van der Waals surface area contributed by atoms with Gasteiger partial charge in [0.2, 0.25) is 0 Å². The average molecular weight is 603 g/mol. The second-order valence-corrected chi connectivity index (χ2v) is 11.2. The molecule has 2 amide bonds. The molecule has 212 valence electrons. The van der Waals surface area contributed by atoms with Crippen LogP contribution in [0.1, 0.15) is 21.6 Å². The van der Waals surface area contributed by atoms with Crippen molar-refractivity contribution in [1.82, 2.24) is 20.4 Å². The minimum atomic E-state index is -3.99. The zero-order valence-corrected chi connectivity index (χ0v) is 23.5. The minimum Gasteiger partial charge on any atom is -0.338 e. The van der Waals surface area contributed by atoms with Crippen molar-refractivity contribution in [1.29, 1.82) is 0 Å². The predicted octanol–water partition coefficient (Wildman–Crippen LogP) is 5.16. The number of carbonyl (C=O) groups excluding carboxylic acids is 2. The van der Waals surface area contributed by atoms with E-state index in [2.05, 4.69) is 25.0 Å². The molecule has 13 heteroatoms. The molecule has 0 saturated carbocycles. The lowest BCUT2D eigenvalue weighted by atomic mass is 10.1. The summed E-state index contributed by atoms with van der Waals surface area (Å²) in [7, 11) is -3.99. The Morgan fingerprint density at radius 2 is 1.74 bits per heavy atom. The number of aromatic amines is 1. The topological polar surface area (TPSA) is 166 Å². The SMILES string of the molecule is Cc1nc(NS(=O)(=O)c2ccc(/C=C/C(=O)NO)cc2)ccc1C(=O)Nc1ccc(Cl)c(-c2nc3ccccc3[nH]2)c1. The lowest BCUT2D eigenvalue weighted by molar-refractivity contribution is -0.124. The average Bonchev–Trinajstić information content (AvgIpc) is 3.41. The molecule has 0 saturated heterocycles. The molecular formula is C29H23ClN6O5S. The Kier molecular flexibility index (Phi) is 8.02. The second kappa shape index (κ2) is 11.8. The molecule has 0 bridgehead atoms.